The lowest BCUT2D eigenvalue weighted by Crippen LogP contribution is -2.29. The highest BCUT2D eigenvalue weighted by atomic mass is 35.5. The molecule has 0 bridgehead atoms. The molecular weight excluding hydrogens is 409 g/mol. The SMILES string of the molecule is O=C(CSc1nnc(-c2ccc(Cl)cc2)o1)NCC(O)c1ccc(Cl)cc1. The molecule has 1 amide bonds. The molecule has 27 heavy (non-hydrogen) atoms. The van der Waals surface area contributed by atoms with Gasteiger partial charge in [-0.15, -0.1) is 10.2 Å². The van der Waals surface area contributed by atoms with Crippen molar-refractivity contribution in [2.24, 2.45) is 0 Å². The number of hydrogen-bond donors (Lipinski definition) is 2. The Morgan fingerprint density at radius 1 is 1.07 bits per heavy atom. The van der Waals surface area contributed by atoms with E-state index in [0.29, 0.717) is 21.5 Å². The van der Waals surface area contributed by atoms with Gasteiger partial charge in [0, 0.05) is 22.2 Å². The number of halogens is 2. The molecule has 9 heteroatoms. The predicted octanol–water partition coefficient (Wildman–Crippen LogP) is 3.99. The smallest absolute Gasteiger partial charge is 0.277 e. The van der Waals surface area contributed by atoms with Crippen molar-refractivity contribution in [3.8, 4) is 11.5 Å². The van der Waals surface area contributed by atoms with E-state index < -0.39 is 6.10 Å². The van der Waals surface area contributed by atoms with Crippen molar-refractivity contribution in [1.82, 2.24) is 15.5 Å². The van der Waals surface area contributed by atoms with E-state index in [4.69, 9.17) is 27.6 Å². The fraction of sp³-hybridized carbons (Fsp3) is 0.167. The summed E-state index contributed by atoms with van der Waals surface area (Å²) < 4.78 is 5.52. The zero-order valence-corrected chi connectivity index (χ0v) is 16.3. The zero-order chi connectivity index (χ0) is 19.2. The number of aliphatic hydroxyl groups excluding tert-OH is 1. The molecule has 0 spiro atoms. The van der Waals surface area contributed by atoms with Gasteiger partial charge >= 0.3 is 0 Å². The number of aromatic nitrogens is 2. The van der Waals surface area contributed by atoms with Crippen LogP contribution in [-0.4, -0.2) is 33.5 Å². The maximum Gasteiger partial charge on any atom is 0.277 e. The Kier molecular flexibility index (Phi) is 6.73. The van der Waals surface area contributed by atoms with Crippen LogP contribution in [0.15, 0.2) is 58.2 Å². The van der Waals surface area contributed by atoms with Crippen molar-refractivity contribution in [1.29, 1.82) is 0 Å². The standard InChI is InChI=1S/C18H15Cl2N3O3S/c19-13-5-1-11(2-6-13)15(24)9-21-16(25)10-27-18-23-22-17(26-18)12-3-7-14(20)8-4-12/h1-8,15,24H,9-10H2,(H,21,25). The minimum absolute atomic E-state index is 0.0928. The van der Waals surface area contributed by atoms with Crippen LogP contribution in [-0.2, 0) is 4.79 Å². The molecule has 0 aliphatic heterocycles. The van der Waals surface area contributed by atoms with Gasteiger partial charge in [-0.3, -0.25) is 4.79 Å². The van der Waals surface area contributed by atoms with E-state index in [1.807, 2.05) is 0 Å². The normalized spacial score (nSPS) is 12.0. The van der Waals surface area contributed by atoms with Crippen LogP contribution in [0.5, 0.6) is 0 Å². The summed E-state index contributed by atoms with van der Waals surface area (Å²) in [4.78, 5) is 12.0. The molecule has 2 aromatic carbocycles. The molecule has 140 valence electrons. The number of benzene rings is 2. The van der Waals surface area contributed by atoms with E-state index in [-0.39, 0.29) is 23.4 Å². The summed E-state index contributed by atoms with van der Waals surface area (Å²) >= 11 is 12.8. The Balaban J connectivity index is 1.46. The van der Waals surface area contributed by atoms with Gasteiger partial charge < -0.3 is 14.8 Å². The Morgan fingerprint density at radius 3 is 2.37 bits per heavy atom. The van der Waals surface area contributed by atoms with E-state index in [1.165, 1.54) is 0 Å². The number of amides is 1. The number of aliphatic hydroxyl groups is 1. The van der Waals surface area contributed by atoms with Gasteiger partial charge in [0.25, 0.3) is 5.22 Å². The second-order valence-electron chi connectivity index (χ2n) is 5.54. The minimum atomic E-state index is -0.809. The topological polar surface area (TPSA) is 88.2 Å². The van der Waals surface area contributed by atoms with Crippen molar-refractivity contribution < 1.29 is 14.3 Å². The molecule has 3 aromatic rings. The summed E-state index contributed by atoms with van der Waals surface area (Å²) in [5, 5.41) is 22.1. The lowest BCUT2D eigenvalue weighted by atomic mass is 10.1. The summed E-state index contributed by atoms with van der Waals surface area (Å²) in [6.07, 6.45) is -0.809. The monoisotopic (exact) mass is 423 g/mol. The summed E-state index contributed by atoms with van der Waals surface area (Å²) in [5.41, 5.74) is 1.42. The van der Waals surface area contributed by atoms with Crippen molar-refractivity contribution in [2.75, 3.05) is 12.3 Å². The van der Waals surface area contributed by atoms with Crippen LogP contribution in [0.1, 0.15) is 11.7 Å². The van der Waals surface area contributed by atoms with Gasteiger partial charge in [-0.1, -0.05) is 47.1 Å². The molecule has 1 heterocycles. The molecule has 0 fully saturated rings. The molecule has 1 aromatic heterocycles. The van der Waals surface area contributed by atoms with Crippen LogP contribution in [0.25, 0.3) is 11.5 Å². The molecule has 2 N–H and O–H groups in total. The zero-order valence-electron chi connectivity index (χ0n) is 13.9. The molecule has 0 radical (unpaired) electrons. The van der Waals surface area contributed by atoms with Crippen LogP contribution < -0.4 is 5.32 Å². The predicted molar refractivity (Wildman–Crippen MR) is 105 cm³/mol. The first-order chi connectivity index (χ1) is 13.0. The number of carbonyl (C=O) groups is 1. The third-order valence-corrected chi connectivity index (χ3v) is 4.89. The van der Waals surface area contributed by atoms with Gasteiger partial charge in [0.15, 0.2) is 0 Å². The number of thioether (sulfide) groups is 1. The van der Waals surface area contributed by atoms with Crippen LogP contribution >= 0.6 is 35.0 Å². The molecule has 1 atom stereocenters. The fourth-order valence-corrected chi connectivity index (χ4v) is 3.01. The molecule has 0 saturated carbocycles. The van der Waals surface area contributed by atoms with Crippen LogP contribution in [0.4, 0.5) is 0 Å². The highest BCUT2D eigenvalue weighted by Crippen LogP contribution is 2.24. The molecule has 6 nitrogen and oxygen atoms in total. The van der Waals surface area contributed by atoms with Crippen molar-refractivity contribution in [2.45, 2.75) is 11.3 Å². The fourth-order valence-electron chi connectivity index (χ4n) is 2.17. The van der Waals surface area contributed by atoms with E-state index in [1.54, 1.807) is 48.5 Å². The Hall–Kier alpha value is -2.06. The first-order valence-corrected chi connectivity index (χ1v) is 9.68. The second kappa shape index (κ2) is 9.23. The van der Waals surface area contributed by atoms with Gasteiger partial charge in [-0.05, 0) is 42.0 Å². The number of nitrogens with one attached hydrogen (secondary N) is 1. The second-order valence-corrected chi connectivity index (χ2v) is 7.34. The minimum Gasteiger partial charge on any atom is -0.411 e. The van der Waals surface area contributed by atoms with Gasteiger partial charge in [-0.25, -0.2) is 0 Å². The summed E-state index contributed by atoms with van der Waals surface area (Å²) in [6.45, 7) is 0.0981. The molecule has 0 aliphatic carbocycles. The maximum absolute atomic E-state index is 12.0. The third-order valence-electron chi connectivity index (χ3n) is 3.57. The lowest BCUT2D eigenvalue weighted by Gasteiger charge is -2.12. The molecule has 1 unspecified atom stereocenters. The molecule has 0 saturated heterocycles. The summed E-state index contributed by atoms with van der Waals surface area (Å²) in [7, 11) is 0. The van der Waals surface area contributed by atoms with E-state index >= 15 is 0 Å². The van der Waals surface area contributed by atoms with Crippen molar-refractivity contribution in [3.05, 3.63) is 64.1 Å². The van der Waals surface area contributed by atoms with E-state index in [2.05, 4.69) is 15.5 Å². The third kappa shape index (κ3) is 5.71. The number of nitrogens with zero attached hydrogens (tertiary/aromatic N) is 2. The Bertz CT molecular complexity index is 901. The first-order valence-electron chi connectivity index (χ1n) is 7.94. The number of carbonyl (C=O) groups excluding carboxylic acids is 1. The molecular formula is C18H15Cl2N3O3S. The largest absolute Gasteiger partial charge is 0.411 e. The van der Waals surface area contributed by atoms with E-state index in [9.17, 15) is 9.90 Å². The van der Waals surface area contributed by atoms with Crippen molar-refractivity contribution in [3.63, 3.8) is 0 Å². The van der Waals surface area contributed by atoms with Gasteiger partial charge in [0.1, 0.15) is 0 Å². The van der Waals surface area contributed by atoms with Crippen molar-refractivity contribution >= 4 is 40.9 Å². The lowest BCUT2D eigenvalue weighted by molar-refractivity contribution is -0.119. The highest BCUT2D eigenvalue weighted by molar-refractivity contribution is 7.99. The van der Waals surface area contributed by atoms with E-state index in [0.717, 1.165) is 17.3 Å². The average Bonchev–Trinajstić information content (AvgIpc) is 3.14. The quantitative estimate of drug-likeness (QED) is 0.558. The highest BCUT2D eigenvalue weighted by Gasteiger charge is 2.13. The van der Waals surface area contributed by atoms with Gasteiger partial charge in [0.2, 0.25) is 11.8 Å². The first kappa shape index (κ1) is 19.7. The van der Waals surface area contributed by atoms with Gasteiger partial charge in [-0.2, -0.15) is 0 Å². The average molecular weight is 424 g/mol. The van der Waals surface area contributed by atoms with Crippen LogP contribution in [0.3, 0.4) is 0 Å². The van der Waals surface area contributed by atoms with Gasteiger partial charge in [0.05, 0.1) is 11.9 Å². The number of rotatable bonds is 7. The molecule has 0 aliphatic rings. The molecule has 3 rings (SSSR count). The summed E-state index contributed by atoms with van der Waals surface area (Å²) in [6, 6.07) is 13.8. The summed E-state index contributed by atoms with van der Waals surface area (Å²) in [5.74, 6) is 0.197. The Morgan fingerprint density at radius 2 is 1.70 bits per heavy atom. The number of hydrogen-bond acceptors (Lipinski definition) is 6. The Labute approximate surface area is 169 Å². The maximum atomic E-state index is 12.0. The van der Waals surface area contributed by atoms with Crippen LogP contribution in [0, 0.1) is 0 Å². The van der Waals surface area contributed by atoms with Crippen LogP contribution in [0.2, 0.25) is 10.0 Å².